The number of rotatable bonds is 9. The van der Waals surface area contributed by atoms with E-state index in [1.807, 2.05) is 42.6 Å². The van der Waals surface area contributed by atoms with Crippen molar-refractivity contribution < 1.29 is 4.74 Å². The lowest BCUT2D eigenvalue weighted by atomic mass is 10.0. The molecule has 2 aromatic heterocycles. The minimum Gasteiger partial charge on any atom is -0.487 e. The minimum absolute atomic E-state index is 0.516. The number of nitrogens with zero attached hydrogens (tertiary/aromatic N) is 1. The lowest BCUT2D eigenvalue weighted by Gasteiger charge is -2.08. The van der Waals surface area contributed by atoms with E-state index in [0.29, 0.717) is 6.61 Å². The van der Waals surface area contributed by atoms with Gasteiger partial charge in [0.25, 0.3) is 0 Å². The van der Waals surface area contributed by atoms with Crippen molar-refractivity contribution in [2.45, 2.75) is 53.1 Å². The first kappa shape index (κ1) is 21.0. The fourth-order valence-corrected chi connectivity index (χ4v) is 4.02. The summed E-state index contributed by atoms with van der Waals surface area (Å²) in [5.41, 5.74) is 8.99. The lowest BCUT2D eigenvalue weighted by Crippen LogP contribution is -1.95. The molecular weight excluding hydrogens is 382 g/mol. The summed E-state index contributed by atoms with van der Waals surface area (Å²) in [4.78, 5) is 11.7. The van der Waals surface area contributed by atoms with Gasteiger partial charge in [0.2, 0.25) is 0 Å². The second-order valence-corrected chi connectivity index (χ2v) is 8.12. The van der Waals surface area contributed by atoms with Gasteiger partial charge in [-0.15, -0.1) is 0 Å². The molecule has 4 heteroatoms. The first-order chi connectivity index (χ1) is 15.2. The first-order valence-electron chi connectivity index (χ1n) is 11.2. The van der Waals surface area contributed by atoms with Gasteiger partial charge in [0.05, 0.1) is 11.4 Å². The van der Waals surface area contributed by atoms with E-state index in [9.17, 15) is 0 Å². The van der Waals surface area contributed by atoms with E-state index in [2.05, 4.69) is 48.9 Å². The highest BCUT2D eigenvalue weighted by Crippen LogP contribution is 2.29. The van der Waals surface area contributed by atoms with Gasteiger partial charge in [-0.25, -0.2) is 4.99 Å². The molecule has 1 aliphatic rings. The third-order valence-electron chi connectivity index (χ3n) is 5.82. The summed E-state index contributed by atoms with van der Waals surface area (Å²) >= 11 is 0. The largest absolute Gasteiger partial charge is 0.487 e. The summed E-state index contributed by atoms with van der Waals surface area (Å²) in [5, 5.41) is 0. The molecule has 160 valence electrons. The average molecular weight is 414 g/mol. The molecule has 4 nitrogen and oxygen atoms in total. The molecule has 4 rings (SSSR count). The van der Waals surface area contributed by atoms with Gasteiger partial charge >= 0.3 is 0 Å². The van der Waals surface area contributed by atoms with Gasteiger partial charge in [-0.05, 0) is 61.6 Å². The van der Waals surface area contributed by atoms with Crippen molar-refractivity contribution in [2.75, 3.05) is 0 Å². The molecule has 3 heterocycles. The Morgan fingerprint density at radius 3 is 2.61 bits per heavy atom. The Labute approximate surface area is 184 Å². The SMILES string of the molecule is CCCCCc1c(C)[nH]c(/C=C2\N=C(c3ccc[nH]3)C=C2OCc2ccccc2)c1C. The molecule has 0 saturated heterocycles. The smallest absolute Gasteiger partial charge is 0.147 e. The fourth-order valence-electron chi connectivity index (χ4n) is 4.02. The Balaban J connectivity index is 1.61. The Morgan fingerprint density at radius 1 is 1.03 bits per heavy atom. The highest BCUT2D eigenvalue weighted by atomic mass is 16.5. The summed E-state index contributed by atoms with van der Waals surface area (Å²) in [6, 6.07) is 14.3. The van der Waals surface area contributed by atoms with Crippen molar-refractivity contribution in [1.82, 2.24) is 9.97 Å². The number of aryl methyl sites for hydroxylation is 1. The first-order valence-corrected chi connectivity index (χ1v) is 11.2. The van der Waals surface area contributed by atoms with E-state index < -0.39 is 0 Å². The highest BCUT2D eigenvalue weighted by Gasteiger charge is 2.19. The topological polar surface area (TPSA) is 53.2 Å². The summed E-state index contributed by atoms with van der Waals surface area (Å²) < 4.78 is 6.21. The molecule has 0 bridgehead atoms. The maximum absolute atomic E-state index is 6.21. The highest BCUT2D eigenvalue weighted by molar-refractivity contribution is 6.11. The predicted octanol–water partition coefficient (Wildman–Crippen LogP) is 6.64. The van der Waals surface area contributed by atoms with Crippen LogP contribution in [0.3, 0.4) is 0 Å². The normalized spacial score (nSPS) is 14.7. The zero-order valence-electron chi connectivity index (χ0n) is 18.7. The van der Waals surface area contributed by atoms with Gasteiger partial charge in [-0.1, -0.05) is 50.1 Å². The Kier molecular flexibility index (Phi) is 6.56. The zero-order valence-corrected chi connectivity index (χ0v) is 18.7. The summed E-state index contributed by atoms with van der Waals surface area (Å²) in [6.07, 6.45) is 10.9. The molecule has 1 aromatic carbocycles. The van der Waals surface area contributed by atoms with E-state index in [1.165, 1.54) is 36.1 Å². The van der Waals surface area contributed by atoms with Crippen molar-refractivity contribution >= 4 is 11.8 Å². The van der Waals surface area contributed by atoms with E-state index in [4.69, 9.17) is 9.73 Å². The molecule has 2 N–H and O–H groups in total. The predicted molar refractivity (Wildman–Crippen MR) is 128 cm³/mol. The number of hydrogen-bond donors (Lipinski definition) is 2. The van der Waals surface area contributed by atoms with Crippen LogP contribution in [0.15, 0.2) is 71.2 Å². The van der Waals surface area contributed by atoms with Crippen LogP contribution in [0.1, 0.15) is 60.0 Å². The number of benzene rings is 1. The minimum atomic E-state index is 0.516. The maximum Gasteiger partial charge on any atom is 0.147 e. The van der Waals surface area contributed by atoms with Crippen molar-refractivity contribution in [3.05, 3.63) is 100.0 Å². The molecule has 31 heavy (non-hydrogen) atoms. The maximum atomic E-state index is 6.21. The molecule has 0 amide bonds. The van der Waals surface area contributed by atoms with Crippen LogP contribution in [0.25, 0.3) is 6.08 Å². The van der Waals surface area contributed by atoms with Crippen LogP contribution in [0.2, 0.25) is 0 Å². The van der Waals surface area contributed by atoms with Crippen LogP contribution in [0.4, 0.5) is 0 Å². The van der Waals surface area contributed by atoms with Crippen LogP contribution >= 0.6 is 0 Å². The van der Waals surface area contributed by atoms with Crippen LogP contribution < -0.4 is 0 Å². The van der Waals surface area contributed by atoms with Crippen LogP contribution in [-0.2, 0) is 17.8 Å². The zero-order chi connectivity index (χ0) is 21.6. The van der Waals surface area contributed by atoms with E-state index in [1.54, 1.807) is 0 Å². The molecular formula is C27H31N3O. The molecule has 0 saturated carbocycles. The number of H-pyrrole nitrogens is 2. The van der Waals surface area contributed by atoms with E-state index in [-0.39, 0.29) is 0 Å². The third-order valence-corrected chi connectivity index (χ3v) is 5.82. The molecule has 0 fully saturated rings. The molecule has 0 atom stereocenters. The quantitative estimate of drug-likeness (QED) is 0.380. The molecule has 3 aromatic rings. The monoisotopic (exact) mass is 413 g/mol. The molecule has 0 aliphatic carbocycles. The van der Waals surface area contributed by atoms with Crippen LogP contribution in [0.5, 0.6) is 0 Å². The van der Waals surface area contributed by atoms with Crippen LogP contribution in [-0.4, -0.2) is 15.7 Å². The van der Waals surface area contributed by atoms with Gasteiger partial charge in [0.1, 0.15) is 18.1 Å². The van der Waals surface area contributed by atoms with Crippen molar-refractivity contribution in [2.24, 2.45) is 4.99 Å². The Morgan fingerprint density at radius 2 is 1.87 bits per heavy atom. The number of nitrogens with one attached hydrogen (secondary N) is 2. The molecule has 0 spiro atoms. The number of allylic oxidation sites excluding steroid dienone is 1. The summed E-state index contributed by atoms with van der Waals surface area (Å²) in [7, 11) is 0. The summed E-state index contributed by atoms with van der Waals surface area (Å²) in [5.74, 6) is 0.799. The third kappa shape index (κ3) is 4.91. The van der Waals surface area contributed by atoms with Crippen molar-refractivity contribution in [3.8, 4) is 0 Å². The van der Waals surface area contributed by atoms with E-state index >= 15 is 0 Å². The summed E-state index contributed by atoms with van der Waals surface area (Å²) in [6.45, 7) is 7.13. The number of aliphatic imine (C=N–C) groups is 1. The number of unbranched alkanes of at least 4 members (excludes halogenated alkanes) is 2. The van der Waals surface area contributed by atoms with Gasteiger partial charge in [0.15, 0.2) is 0 Å². The number of ether oxygens (including phenoxy) is 1. The Hall–Kier alpha value is -3.27. The average Bonchev–Trinajstić information content (AvgIpc) is 3.50. The van der Waals surface area contributed by atoms with E-state index in [0.717, 1.165) is 40.5 Å². The van der Waals surface area contributed by atoms with Crippen LogP contribution in [0, 0.1) is 13.8 Å². The van der Waals surface area contributed by atoms with Gasteiger partial charge in [-0.3, -0.25) is 0 Å². The second kappa shape index (κ2) is 9.69. The van der Waals surface area contributed by atoms with Gasteiger partial charge < -0.3 is 14.7 Å². The number of aromatic nitrogens is 2. The van der Waals surface area contributed by atoms with Gasteiger partial charge in [0, 0.05) is 23.7 Å². The lowest BCUT2D eigenvalue weighted by molar-refractivity contribution is 0.208. The number of aromatic amines is 2. The standard InChI is InChI=1S/C27H31N3O/c1-4-5-7-13-22-19(2)24(29-20(22)3)16-26-27(31-18-21-11-8-6-9-12-21)17-25(30-26)23-14-10-15-28-23/h6,8-12,14-17,28-29H,4-5,7,13,18H2,1-3H3/b26-16-. The molecule has 0 radical (unpaired) electrons. The molecule has 1 aliphatic heterocycles. The van der Waals surface area contributed by atoms with Crippen molar-refractivity contribution in [1.29, 1.82) is 0 Å². The number of hydrogen-bond acceptors (Lipinski definition) is 2. The second-order valence-electron chi connectivity index (χ2n) is 8.12. The van der Waals surface area contributed by atoms with Gasteiger partial charge in [-0.2, -0.15) is 0 Å². The fraction of sp³-hybridized carbons (Fsp3) is 0.296. The Bertz CT molecular complexity index is 1100. The van der Waals surface area contributed by atoms with Crippen molar-refractivity contribution in [3.63, 3.8) is 0 Å². The molecule has 0 unspecified atom stereocenters.